The van der Waals surface area contributed by atoms with Gasteiger partial charge in [0.2, 0.25) is 0 Å². The standard InChI is InChI=1S/C11H18N2S/c1-8(2)5-10-11(13-7-14-10)9-3-4-12-6-9/h7-9,12H,3-6H2,1-2H3. The van der Waals surface area contributed by atoms with Crippen LogP contribution in [0.3, 0.4) is 0 Å². The van der Waals surface area contributed by atoms with Gasteiger partial charge in [0.1, 0.15) is 0 Å². The maximum atomic E-state index is 4.53. The van der Waals surface area contributed by atoms with Crippen molar-refractivity contribution in [2.45, 2.75) is 32.6 Å². The Morgan fingerprint density at radius 1 is 1.64 bits per heavy atom. The second-order valence-corrected chi connectivity index (χ2v) is 5.39. The lowest BCUT2D eigenvalue weighted by Gasteiger charge is -2.09. The lowest BCUT2D eigenvalue weighted by Crippen LogP contribution is -2.09. The van der Waals surface area contributed by atoms with Crippen LogP contribution in [0.1, 0.15) is 36.8 Å². The van der Waals surface area contributed by atoms with E-state index in [1.807, 2.05) is 16.8 Å². The summed E-state index contributed by atoms with van der Waals surface area (Å²) in [5.41, 5.74) is 3.37. The van der Waals surface area contributed by atoms with Crippen LogP contribution in [0.4, 0.5) is 0 Å². The number of hydrogen-bond donors (Lipinski definition) is 1. The van der Waals surface area contributed by atoms with Crippen LogP contribution in [0.25, 0.3) is 0 Å². The minimum absolute atomic E-state index is 0.676. The Balaban J connectivity index is 2.12. The Labute approximate surface area is 89.8 Å². The van der Waals surface area contributed by atoms with Crippen LogP contribution in [0, 0.1) is 5.92 Å². The molecule has 0 spiro atoms. The average Bonchev–Trinajstić information content (AvgIpc) is 2.70. The van der Waals surface area contributed by atoms with Gasteiger partial charge in [0.25, 0.3) is 0 Å². The van der Waals surface area contributed by atoms with Gasteiger partial charge < -0.3 is 5.32 Å². The van der Waals surface area contributed by atoms with E-state index in [0.717, 1.165) is 19.0 Å². The van der Waals surface area contributed by atoms with Crippen molar-refractivity contribution in [2.24, 2.45) is 5.92 Å². The number of thiazole rings is 1. The lowest BCUT2D eigenvalue weighted by molar-refractivity contribution is 0.637. The SMILES string of the molecule is CC(C)Cc1scnc1C1CCNC1. The number of hydrogen-bond acceptors (Lipinski definition) is 3. The molecular formula is C11H18N2S. The molecule has 1 atom stereocenters. The molecule has 1 N–H and O–H groups in total. The molecule has 1 aromatic rings. The van der Waals surface area contributed by atoms with E-state index in [2.05, 4.69) is 24.1 Å². The van der Waals surface area contributed by atoms with E-state index in [4.69, 9.17) is 0 Å². The second-order valence-electron chi connectivity index (χ2n) is 4.45. The van der Waals surface area contributed by atoms with Crippen molar-refractivity contribution in [1.29, 1.82) is 0 Å². The first-order chi connectivity index (χ1) is 6.77. The molecule has 0 aromatic carbocycles. The molecule has 78 valence electrons. The smallest absolute Gasteiger partial charge is 0.0797 e. The molecule has 0 aliphatic carbocycles. The van der Waals surface area contributed by atoms with Crippen LogP contribution in [-0.4, -0.2) is 18.1 Å². The summed E-state index contributed by atoms with van der Waals surface area (Å²) in [5, 5.41) is 3.41. The van der Waals surface area contributed by atoms with Crippen LogP contribution in [0.5, 0.6) is 0 Å². The third-order valence-electron chi connectivity index (χ3n) is 2.71. The van der Waals surface area contributed by atoms with Crippen molar-refractivity contribution >= 4 is 11.3 Å². The van der Waals surface area contributed by atoms with Gasteiger partial charge >= 0.3 is 0 Å². The van der Waals surface area contributed by atoms with Crippen molar-refractivity contribution in [3.05, 3.63) is 16.1 Å². The maximum absolute atomic E-state index is 4.53. The topological polar surface area (TPSA) is 24.9 Å². The van der Waals surface area contributed by atoms with Crippen LogP contribution in [-0.2, 0) is 6.42 Å². The third-order valence-corrected chi connectivity index (χ3v) is 3.58. The second kappa shape index (κ2) is 4.41. The summed E-state index contributed by atoms with van der Waals surface area (Å²) >= 11 is 1.83. The molecule has 0 amide bonds. The van der Waals surface area contributed by atoms with Gasteiger partial charge in [-0.1, -0.05) is 13.8 Å². The van der Waals surface area contributed by atoms with E-state index >= 15 is 0 Å². The molecule has 0 radical (unpaired) electrons. The van der Waals surface area contributed by atoms with E-state index in [1.165, 1.54) is 23.4 Å². The van der Waals surface area contributed by atoms with Gasteiger partial charge in [0.05, 0.1) is 11.2 Å². The van der Waals surface area contributed by atoms with Crippen molar-refractivity contribution in [3.63, 3.8) is 0 Å². The molecule has 2 rings (SSSR count). The summed E-state index contributed by atoms with van der Waals surface area (Å²) in [6, 6.07) is 0. The normalized spacial score (nSPS) is 22.1. The number of nitrogens with one attached hydrogen (secondary N) is 1. The minimum atomic E-state index is 0.676. The van der Waals surface area contributed by atoms with E-state index in [1.54, 1.807) is 0 Å². The summed E-state index contributed by atoms with van der Waals surface area (Å²) in [5.74, 6) is 1.42. The molecule has 2 heterocycles. The van der Waals surface area contributed by atoms with Crippen molar-refractivity contribution < 1.29 is 0 Å². The molecule has 1 aliphatic rings. The fourth-order valence-electron chi connectivity index (χ4n) is 2.02. The molecule has 3 heteroatoms. The quantitative estimate of drug-likeness (QED) is 0.828. The summed E-state index contributed by atoms with van der Waals surface area (Å²) in [6.07, 6.45) is 2.45. The summed E-state index contributed by atoms with van der Waals surface area (Å²) in [6.45, 7) is 6.82. The molecule has 0 bridgehead atoms. The molecule has 2 nitrogen and oxygen atoms in total. The Morgan fingerprint density at radius 3 is 3.14 bits per heavy atom. The molecule has 14 heavy (non-hydrogen) atoms. The van der Waals surface area contributed by atoms with Crippen molar-refractivity contribution in [2.75, 3.05) is 13.1 Å². The number of nitrogens with zero attached hydrogens (tertiary/aromatic N) is 1. The maximum Gasteiger partial charge on any atom is 0.0797 e. The third kappa shape index (κ3) is 2.15. The Hall–Kier alpha value is -0.410. The first kappa shape index (κ1) is 10.1. The highest BCUT2D eigenvalue weighted by atomic mass is 32.1. The molecular weight excluding hydrogens is 192 g/mol. The highest BCUT2D eigenvalue weighted by molar-refractivity contribution is 7.09. The van der Waals surface area contributed by atoms with E-state index in [9.17, 15) is 0 Å². The van der Waals surface area contributed by atoms with Gasteiger partial charge in [-0.2, -0.15) is 0 Å². The largest absolute Gasteiger partial charge is 0.316 e. The van der Waals surface area contributed by atoms with E-state index in [-0.39, 0.29) is 0 Å². The lowest BCUT2D eigenvalue weighted by atomic mass is 10.00. The molecule has 1 aliphatic heterocycles. The van der Waals surface area contributed by atoms with Crippen LogP contribution in [0.15, 0.2) is 5.51 Å². The highest BCUT2D eigenvalue weighted by Crippen LogP contribution is 2.28. The molecule has 1 unspecified atom stereocenters. The Kier molecular flexibility index (Phi) is 3.19. The van der Waals surface area contributed by atoms with Gasteiger partial charge in [-0.05, 0) is 25.3 Å². The Bertz CT molecular complexity index is 287. The van der Waals surface area contributed by atoms with Crippen LogP contribution in [0.2, 0.25) is 0 Å². The molecule has 1 saturated heterocycles. The summed E-state index contributed by atoms with van der Waals surface area (Å²) in [7, 11) is 0. The molecule has 1 fully saturated rings. The van der Waals surface area contributed by atoms with Gasteiger partial charge in [-0.3, -0.25) is 0 Å². The van der Waals surface area contributed by atoms with Gasteiger partial charge in [0.15, 0.2) is 0 Å². The van der Waals surface area contributed by atoms with Gasteiger partial charge in [-0.25, -0.2) is 4.98 Å². The fourth-order valence-corrected chi connectivity index (χ4v) is 3.09. The van der Waals surface area contributed by atoms with E-state index in [0.29, 0.717) is 5.92 Å². The van der Waals surface area contributed by atoms with Crippen molar-refractivity contribution in [3.8, 4) is 0 Å². The van der Waals surface area contributed by atoms with Crippen LogP contribution >= 0.6 is 11.3 Å². The molecule has 1 aromatic heterocycles. The molecule has 0 saturated carbocycles. The summed E-state index contributed by atoms with van der Waals surface area (Å²) in [4.78, 5) is 6.04. The fraction of sp³-hybridized carbons (Fsp3) is 0.727. The Morgan fingerprint density at radius 2 is 2.50 bits per heavy atom. The first-order valence-electron chi connectivity index (χ1n) is 5.40. The zero-order chi connectivity index (χ0) is 9.97. The average molecular weight is 210 g/mol. The van der Waals surface area contributed by atoms with Gasteiger partial charge in [-0.15, -0.1) is 11.3 Å². The zero-order valence-corrected chi connectivity index (χ0v) is 9.73. The number of aromatic nitrogens is 1. The predicted molar refractivity (Wildman–Crippen MR) is 60.9 cm³/mol. The summed E-state index contributed by atoms with van der Waals surface area (Å²) < 4.78 is 0. The minimum Gasteiger partial charge on any atom is -0.316 e. The number of rotatable bonds is 3. The van der Waals surface area contributed by atoms with Gasteiger partial charge in [0, 0.05) is 17.3 Å². The highest BCUT2D eigenvalue weighted by Gasteiger charge is 2.21. The van der Waals surface area contributed by atoms with E-state index < -0.39 is 0 Å². The van der Waals surface area contributed by atoms with Crippen LogP contribution < -0.4 is 5.32 Å². The monoisotopic (exact) mass is 210 g/mol. The predicted octanol–water partition coefficient (Wildman–Crippen LogP) is 2.42. The zero-order valence-electron chi connectivity index (χ0n) is 8.92. The van der Waals surface area contributed by atoms with Crippen molar-refractivity contribution in [1.82, 2.24) is 10.3 Å². The first-order valence-corrected chi connectivity index (χ1v) is 6.28.